The van der Waals surface area contributed by atoms with E-state index in [1.165, 1.54) is 32.8 Å². The van der Waals surface area contributed by atoms with Crippen LogP contribution in [0.4, 0.5) is 5.82 Å². The van der Waals surface area contributed by atoms with E-state index in [1.54, 1.807) is 12.3 Å². The zero-order chi connectivity index (χ0) is 33.1. The van der Waals surface area contributed by atoms with Gasteiger partial charge in [-0.1, -0.05) is 43.9 Å². The molecule has 6 N–H and O–H groups in total. The van der Waals surface area contributed by atoms with Gasteiger partial charge in [-0.25, -0.2) is 4.98 Å². The van der Waals surface area contributed by atoms with Crippen molar-refractivity contribution in [1.29, 1.82) is 0 Å². The number of aromatic nitrogens is 2. The molecule has 0 saturated heterocycles. The summed E-state index contributed by atoms with van der Waals surface area (Å²) in [6.07, 6.45) is 14.8. The number of phenolic OH excluding ortho intramolecular Hbond substituents is 1. The van der Waals surface area contributed by atoms with E-state index in [2.05, 4.69) is 9.97 Å². The normalized spacial score (nSPS) is 25.9. The Hall–Kier alpha value is -3.95. The number of fused-ring (bicyclic) bond motifs is 2. The van der Waals surface area contributed by atoms with Gasteiger partial charge in [-0.2, -0.15) is 0 Å². The van der Waals surface area contributed by atoms with Crippen LogP contribution in [0.1, 0.15) is 91.7 Å². The Balaban J connectivity index is 1.23. The molecule has 9 heteroatoms. The number of ether oxygens (including phenoxy) is 1. The fourth-order valence-corrected chi connectivity index (χ4v) is 8.61. The average molecular weight is 642 g/mol. The third-order valence-corrected chi connectivity index (χ3v) is 11.1. The summed E-state index contributed by atoms with van der Waals surface area (Å²) in [6.45, 7) is -0.226. The highest BCUT2D eigenvalue weighted by atomic mass is 16.5. The minimum absolute atomic E-state index is 0.0404. The number of aliphatic hydroxyl groups is 2. The van der Waals surface area contributed by atoms with E-state index in [1.807, 2.05) is 42.6 Å². The van der Waals surface area contributed by atoms with Crippen LogP contribution in [0, 0.1) is 23.2 Å². The molecule has 2 aromatic heterocycles. The predicted octanol–water partition coefficient (Wildman–Crippen LogP) is 5.51. The maximum Gasteiger partial charge on any atom is 0.170 e. The van der Waals surface area contributed by atoms with Crippen LogP contribution >= 0.6 is 0 Å². The number of hydrogen-bond acceptors (Lipinski definition) is 8. The number of aromatic amines is 1. The Bertz CT molecular complexity index is 1620. The van der Waals surface area contributed by atoms with Crippen molar-refractivity contribution in [1.82, 2.24) is 9.97 Å². The highest BCUT2D eigenvalue weighted by molar-refractivity contribution is 6.05. The number of methoxy groups -OCH3 is 1. The first-order valence-electron chi connectivity index (χ1n) is 17.0. The number of nitrogens with one attached hydrogen (secondary N) is 1. The molecule has 2 heterocycles. The monoisotopic (exact) mass is 641 g/mol. The van der Waals surface area contributed by atoms with E-state index < -0.39 is 23.2 Å². The summed E-state index contributed by atoms with van der Waals surface area (Å²) < 4.78 is 5.59. The lowest BCUT2D eigenvalue weighted by molar-refractivity contribution is -0.139. The first kappa shape index (κ1) is 33.0. The minimum atomic E-state index is -1.63. The molecule has 9 nitrogen and oxygen atoms in total. The number of rotatable bonds is 12. The van der Waals surface area contributed by atoms with Crippen molar-refractivity contribution in [3.8, 4) is 11.5 Å². The number of carbonyl (C=O) groups is 2. The summed E-state index contributed by atoms with van der Waals surface area (Å²) in [6, 6.07) is 9.20. The van der Waals surface area contributed by atoms with Crippen molar-refractivity contribution in [2.75, 3.05) is 19.5 Å². The van der Waals surface area contributed by atoms with E-state index >= 15 is 0 Å². The molecule has 0 radical (unpaired) electrons. The van der Waals surface area contributed by atoms with E-state index in [-0.39, 0.29) is 49.1 Å². The lowest BCUT2D eigenvalue weighted by Gasteiger charge is -2.41. The molecule has 47 heavy (non-hydrogen) atoms. The molecule has 0 spiro atoms. The van der Waals surface area contributed by atoms with E-state index in [0.717, 1.165) is 36.4 Å². The number of hydrogen-bond donors (Lipinski definition) is 5. The van der Waals surface area contributed by atoms with Gasteiger partial charge in [0.25, 0.3) is 0 Å². The van der Waals surface area contributed by atoms with E-state index in [0.29, 0.717) is 34.8 Å². The first-order chi connectivity index (χ1) is 22.7. The number of nitrogens with zero attached hydrogens (tertiary/aromatic N) is 1. The second kappa shape index (κ2) is 14.0. The average Bonchev–Trinajstić information content (AvgIpc) is 3.60. The van der Waals surface area contributed by atoms with Gasteiger partial charge in [0.1, 0.15) is 5.82 Å². The van der Waals surface area contributed by atoms with Gasteiger partial charge >= 0.3 is 0 Å². The number of anilines is 1. The van der Waals surface area contributed by atoms with Crippen LogP contribution in [0.3, 0.4) is 0 Å². The number of nitrogen functional groups attached to an aromatic ring is 1. The second-order valence-electron chi connectivity index (χ2n) is 14.0. The number of H-pyrrole nitrogens is 1. The first-order valence-corrected chi connectivity index (χ1v) is 17.0. The summed E-state index contributed by atoms with van der Waals surface area (Å²) in [4.78, 5) is 33.7. The van der Waals surface area contributed by atoms with Gasteiger partial charge in [-0.3, -0.25) is 9.59 Å². The van der Waals surface area contributed by atoms with Crippen molar-refractivity contribution >= 4 is 23.5 Å². The molecular formula is C38H47N3O6. The number of aliphatic hydroxyl groups excluding tert-OH is 2. The lowest BCUT2D eigenvalue weighted by Crippen LogP contribution is -2.36. The van der Waals surface area contributed by atoms with Crippen molar-refractivity contribution < 1.29 is 29.6 Å². The van der Waals surface area contributed by atoms with Crippen LogP contribution in [0.2, 0.25) is 0 Å². The van der Waals surface area contributed by atoms with Gasteiger partial charge in [0.05, 0.1) is 13.7 Å². The molecule has 2 fully saturated rings. The summed E-state index contributed by atoms with van der Waals surface area (Å²) in [5.74, 6) is 0.753. The number of ketones is 2. The number of carbonyl (C=O) groups excluding carboxylic acids is 2. The highest BCUT2D eigenvalue weighted by Crippen LogP contribution is 2.53. The summed E-state index contributed by atoms with van der Waals surface area (Å²) >= 11 is 0. The molecule has 3 aliphatic carbocycles. The Morgan fingerprint density at radius 2 is 1.91 bits per heavy atom. The Kier molecular flexibility index (Phi) is 9.85. The second-order valence-corrected chi connectivity index (χ2v) is 14.0. The molecule has 0 aliphatic heterocycles. The van der Waals surface area contributed by atoms with E-state index in [4.69, 9.17) is 10.5 Å². The molecule has 6 rings (SSSR count). The van der Waals surface area contributed by atoms with Gasteiger partial charge < -0.3 is 30.8 Å². The predicted molar refractivity (Wildman–Crippen MR) is 180 cm³/mol. The Labute approximate surface area is 276 Å². The zero-order valence-corrected chi connectivity index (χ0v) is 27.2. The van der Waals surface area contributed by atoms with Gasteiger partial charge in [-0.05, 0) is 85.3 Å². The standard InChI is InChI=1S/C38H47N3O6/c1-47-33-20-24(9-11-31(43)36(46)32(44)19-23-8-10-25-5-2-3-6-26(25)17-23)18-30(35(33)45)34-28-13-16-41-37(39)29(28)12-14-38(34,22-42)21-27-7-4-15-40-27/h4,7,12-16,18,20,23,25-26,34,36,40,42,45-46H,2-3,5-6,8-11,17,19,21-22H2,1H3,(H2,39,41). The Morgan fingerprint density at radius 3 is 2.66 bits per heavy atom. The molecule has 3 aliphatic rings. The highest BCUT2D eigenvalue weighted by Gasteiger charge is 2.44. The number of aryl methyl sites for hydroxylation is 1. The molecule has 2 saturated carbocycles. The molecular weight excluding hydrogens is 594 g/mol. The number of phenols is 1. The van der Waals surface area contributed by atoms with Crippen molar-refractivity contribution in [3.63, 3.8) is 0 Å². The Morgan fingerprint density at radius 1 is 1.11 bits per heavy atom. The fraction of sp³-hybridized carbons (Fsp3) is 0.500. The van der Waals surface area contributed by atoms with Crippen LogP contribution in [-0.4, -0.2) is 56.7 Å². The fourth-order valence-electron chi connectivity index (χ4n) is 8.61. The van der Waals surface area contributed by atoms with Gasteiger partial charge in [0.15, 0.2) is 29.2 Å². The van der Waals surface area contributed by atoms with Crippen LogP contribution in [0.5, 0.6) is 11.5 Å². The number of Topliss-reactive ketones (excluding diaryl/α,β-unsaturated/α-hetero) is 2. The smallest absolute Gasteiger partial charge is 0.170 e. The maximum absolute atomic E-state index is 13.1. The number of aromatic hydroxyl groups is 1. The number of nitrogens with two attached hydrogens (primary N) is 1. The minimum Gasteiger partial charge on any atom is -0.504 e. The molecule has 6 unspecified atom stereocenters. The summed E-state index contributed by atoms with van der Waals surface area (Å²) in [7, 11) is 1.46. The topological polar surface area (TPSA) is 159 Å². The van der Waals surface area contributed by atoms with Crippen LogP contribution in [0.15, 0.2) is 48.8 Å². The molecule has 6 atom stereocenters. The van der Waals surface area contributed by atoms with Crippen molar-refractivity contribution in [2.45, 2.75) is 82.7 Å². The van der Waals surface area contributed by atoms with Crippen LogP contribution in [-0.2, 0) is 22.4 Å². The van der Waals surface area contributed by atoms with E-state index in [9.17, 15) is 24.9 Å². The van der Waals surface area contributed by atoms with Gasteiger partial charge in [0.2, 0.25) is 0 Å². The lowest BCUT2D eigenvalue weighted by atomic mass is 9.63. The molecule has 0 amide bonds. The molecule has 250 valence electrons. The van der Waals surface area contributed by atoms with Crippen LogP contribution in [0.25, 0.3) is 6.08 Å². The van der Waals surface area contributed by atoms with Crippen molar-refractivity contribution in [2.24, 2.45) is 23.2 Å². The van der Waals surface area contributed by atoms with Crippen LogP contribution < -0.4 is 10.5 Å². The molecule has 0 bridgehead atoms. The molecule has 3 aromatic rings. The third-order valence-electron chi connectivity index (χ3n) is 11.1. The zero-order valence-electron chi connectivity index (χ0n) is 27.2. The van der Waals surface area contributed by atoms with Crippen molar-refractivity contribution in [3.05, 3.63) is 76.7 Å². The number of benzene rings is 1. The maximum atomic E-state index is 13.1. The van der Waals surface area contributed by atoms with Gasteiger partial charge in [-0.15, -0.1) is 0 Å². The number of pyridine rings is 1. The quantitative estimate of drug-likeness (QED) is 0.162. The third kappa shape index (κ3) is 6.74. The van der Waals surface area contributed by atoms with Gasteiger partial charge in [0, 0.05) is 53.4 Å². The summed E-state index contributed by atoms with van der Waals surface area (Å²) in [5.41, 5.74) is 9.07. The largest absolute Gasteiger partial charge is 0.504 e. The molecule has 1 aromatic carbocycles. The summed E-state index contributed by atoms with van der Waals surface area (Å²) in [5, 5.41) is 33.3. The SMILES string of the molecule is COc1cc(CCC(=O)C(O)C(=O)CC2CCC3CCCCC3C2)cc(C2c3ccnc(N)c3C=CC2(CO)Cc2ccc[nH]2)c1O.